The molecule has 0 bridgehead atoms. The van der Waals surface area contributed by atoms with Gasteiger partial charge in [-0.15, -0.1) is 0 Å². The molecule has 0 rings (SSSR count). The molecule has 0 aliphatic heterocycles. The van der Waals surface area contributed by atoms with Crippen LogP contribution < -0.4 is 5.73 Å². The van der Waals surface area contributed by atoms with Crippen LogP contribution in [0.25, 0.3) is 0 Å². The van der Waals surface area contributed by atoms with E-state index in [1.165, 1.54) is 0 Å². The lowest BCUT2D eigenvalue weighted by atomic mass is 10.1. The zero-order chi connectivity index (χ0) is 11.4. The second kappa shape index (κ2) is 5.82. The van der Waals surface area contributed by atoms with Gasteiger partial charge >= 0.3 is 5.97 Å². The first-order valence-corrected chi connectivity index (χ1v) is 5.69. The minimum absolute atomic E-state index is 0.106. The van der Waals surface area contributed by atoms with Crippen LogP contribution in [0.1, 0.15) is 26.2 Å². The fourth-order valence-electron chi connectivity index (χ4n) is 0.794. The van der Waals surface area contributed by atoms with Gasteiger partial charge in [-0.2, -0.15) is 0 Å². The van der Waals surface area contributed by atoms with E-state index in [-0.39, 0.29) is 15.4 Å². The number of aliphatic carboxylic acids is 1. The van der Waals surface area contributed by atoms with E-state index in [1.54, 1.807) is 0 Å². The smallest absolute Gasteiger partial charge is 0.320 e. The lowest BCUT2D eigenvalue weighted by Crippen LogP contribution is -2.32. The normalized spacial score (nSPS) is 13.7. The molecule has 1 unspecified atom stereocenters. The van der Waals surface area contributed by atoms with Gasteiger partial charge in [-0.05, 0) is 13.3 Å². The average molecular weight is 331 g/mol. The van der Waals surface area contributed by atoms with Gasteiger partial charge in [0.2, 0.25) is 0 Å². The number of ketones is 1. The van der Waals surface area contributed by atoms with Crippen molar-refractivity contribution in [3.8, 4) is 0 Å². The number of nitrogens with two attached hydrogens (primary N) is 1. The van der Waals surface area contributed by atoms with Crippen LogP contribution >= 0.6 is 31.9 Å². The van der Waals surface area contributed by atoms with Gasteiger partial charge in [0.25, 0.3) is 0 Å². The molecule has 0 aromatic rings. The standard InChI is InChI=1S/C8H13Br2NO3/c1-8(9,10)3-2-5(12)4-6(11)7(13)14/h6H,2-4,11H2,1H3,(H,13,14). The molecule has 0 spiro atoms. The molecule has 0 aromatic carbocycles. The van der Waals surface area contributed by atoms with Crippen LogP contribution in [0.2, 0.25) is 0 Å². The maximum Gasteiger partial charge on any atom is 0.320 e. The van der Waals surface area contributed by atoms with Crippen molar-refractivity contribution in [1.82, 2.24) is 0 Å². The fraction of sp³-hybridized carbons (Fsp3) is 0.750. The topological polar surface area (TPSA) is 80.4 Å². The zero-order valence-corrected chi connectivity index (χ0v) is 11.0. The summed E-state index contributed by atoms with van der Waals surface area (Å²) in [5.41, 5.74) is 5.21. The summed E-state index contributed by atoms with van der Waals surface area (Å²) in [5.74, 6) is -1.27. The molecular formula is C8H13Br2NO3. The van der Waals surface area contributed by atoms with Gasteiger partial charge in [0, 0.05) is 12.8 Å². The molecule has 6 heteroatoms. The first-order valence-electron chi connectivity index (χ1n) is 4.10. The Labute approximate surface area is 99.5 Å². The molecule has 0 amide bonds. The molecule has 0 aromatic heterocycles. The number of halogens is 2. The molecule has 0 saturated heterocycles. The molecule has 14 heavy (non-hydrogen) atoms. The van der Waals surface area contributed by atoms with Crippen LogP contribution in [0.15, 0.2) is 0 Å². The Kier molecular flexibility index (Phi) is 5.85. The summed E-state index contributed by atoms with van der Waals surface area (Å²) in [4.78, 5) is 21.6. The largest absolute Gasteiger partial charge is 0.480 e. The van der Waals surface area contributed by atoms with Crippen LogP contribution in [-0.4, -0.2) is 26.1 Å². The number of alkyl halides is 2. The first kappa shape index (κ1) is 14.1. The highest BCUT2D eigenvalue weighted by molar-refractivity contribution is 9.25. The van der Waals surface area contributed by atoms with E-state index in [2.05, 4.69) is 31.9 Å². The van der Waals surface area contributed by atoms with Crippen LogP contribution in [0.3, 0.4) is 0 Å². The number of carboxylic acids is 1. The van der Waals surface area contributed by atoms with Gasteiger partial charge in [0.15, 0.2) is 0 Å². The summed E-state index contributed by atoms with van der Waals surface area (Å²) in [7, 11) is 0. The van der Waals surface area contributed by atoms with Crippen molar-refractivity contribution in [1.29, 1.82) is 0 Å². The van der Waals surface area contributed by atoms with Crippen LogP contribution in [-0.2, 0) is 9.59 Å². The summed E-state index contributed by atoms with van der Waals surface area (Å²) in [6.45, 7) is 1.87. The van der Waals surface area contributed by atoms with Crippen molar-refractivity contribution in [2.24, 2.45) is 5.73 Å². The van der Waals surface area contributed by atoms with Crippen molar-refractivity contribution in [2.75, 3.05) is 0 Å². The number of carboxylic acid groups (broad SMARTS) is 1. The Morgan fingerprint density at radius 1 is 1.50 bits per heavy atom. The van der Waals surface area contributed by atoms with Gasteiger partial charge in [-0.3, -0.25) is 9.59 Å². The molecule has 0 fully saturated rings. The first-order chi connectivity index (χ1) is 6.22. The molecule has 0 heterocycles. The lowest BCUT2D eigenvalue weighted by molar-refractivity contribution is -0.140. The lowest BCUT2D eigenvalue weighted by Gasteiger charge is -2.13. The summed E-state index contributed by atoms with van der Waals surface area (Å²) in [5, 5.41) is 8.46. The number of Topliss-reactive ketones (excluding diaryl/α,β-unsaturated/α-hetero) is 1. The van der Waals surface area contributed by atoms with Crippen molar-refractivity contribution in [2.45, 2.75) is 35.5 Å². The van der Waals surface area contributed by atoms with E-state index in [1.807, 2.05) is 6.92 Å². The highest BCUT2D eigenvalue weighted by Crippen LogP contribution is 2.30. The van der Waals surface area contributed by atoms with Gasteiger partial charge in [-0.1, -0.05) is 31.9 Å². The third-order valence-corrected chi connectivity index (χ3v) is 2.40. The predicted octanol–water partition coefficient (Wildman–Crippen LogP) is 1.64. The second-order valence-corrected chi connectivity index (χ2v) is 7.82. The summed E-state index contributed by atoms with van der Waals surface area (Å²) in [6.07, 6.45) is 0.803. The van der Waals surface area contributed by atoms with Crippen molar-refractivity contribution < 1.29 is 14.7 Å². The number of carbonyl (C=O) groups excluding carboxylic acids is 1. The maximum absolute atomic E-state index is 11.2. The van der Waals surface area contributed by atoms with E-state index < -0.39 is 12.0 Å². The van der Waals surface area contributed by atoms with Gasteiger partial charge in [0.05, 0.1) is 3.23 Å². The highest BCUT2D eigenvalue weighted by atomic mass is 79.9. The second-order valence-electron chi connectivity index (χ2n) is 3.26. The Balaban J connectivity index is 3.83. The van der Waals surface area contributed by atoms with E-state index >= 15 is 0 Å². The summed E-state index contributed by atoms with van der Waals surface area (Å²) < 4.78 is -0.275. The van der Waals surface area contributed by atoms with Crippen molar-refractivity contribution in [3.63, 3.8) is 0 Å². The Bertz CT molecular complexity index is 225. The monoisotopic (exact) mass is 329 g/mol. The number of rotatable bonds is 6. The fourth-order valence-corrected chi connectivity index (χ4v) is 1.19. The van der Waals surface area contributed by atoms with E-state index in [4.69, 9.17) is 10.8 Å². The molecule has 0 radical (unpaired) electrons. The van der Waals surface area contributed by atoms with Crippen molar-refractivity contribution in [3.05, 3.63) is 0 Å². The molecule has 3 N–H and O–H groups in total. The van der Waals surface area contributed by atoms with Crippen LogP contribution in [0, 0.1) is 0 Å². The van der Waals surface area contributed by atoms with E-state index in [9.17, 15) is 9.59 Å². The Morgan fingerprint density at radius 3 is 2.36 bits per heavy atom. The number of hydrogen-bond donors (Lipinski definition) is 2. The average Bonchev–Trinajstić information content (AvgIpc) is 1.99. The SMILES string of the molecule is CC(Br)(Br)CCC(=O)CC(N)C(=O)O. The number of hydrogen-bond acceptors (Lipinski definition) is 3. The molecule has 82 valence electrons. The summed E-state index contributed by atoms with van der Waals surface area (Å²) in [6, 6.07) is -1.08. The molecule has 0 saturated carbocycles. The van der Waals surface area contributed by atoms with Gasteiger partial charge < -0.3 is 10.8 Å². The Morgan fingerprint density at radius 2 is 2.00 bits per heavy atom. The van der Waals surface area contributed by atoms with Gasteiger partial charge in [-0.25, -0.2) is 0 Å². The van der Waals surface area contributed by atoms with E-state index in [0.717, 1.165) is 0 Å². The van der Waals surface area contributed by atoms with E-state index in [0.29, 0.717) is 12.8 Å². The molecule has 4 nitrogen and oxygen atoms in total. The maximum atomic E-state index is 11.2. The quantitative estimate of drug-likeness (QED) is 0.725. The van der Waals surface area contributed by atoms with Gasteiger partial charge in [0.1, 0.15) is 11.8 Å². The predicted molar refractivity (Wildman–Crippen MR) is 60.7 cm³/mol. The third kappa shape index (κ3) is 7.46. The minimum Gasteiger partial charge on any atom is -0.480 e. The molecule has 0 aliphatic rings. The highest BCUT2D eigenvalue weighted by Gasteiger charge is 2.20. The minimum atomic E-state index is -1.14. The number of carbonyl (C=O) groups is 2. The third-order valence-electron chi connectivity index (χ3n) is 1.61. The van der Waals surface area contributed by atoms with Crippen molar-refractivity contribution >= 4 is 43.6 Å². The summed E-state index contributed by atoms with van der Waals surface area (Å²) >= 11 is 6.64. The van der Waals surface area contributed by atoms with Crippen LogP contribution in [0.5, 0.6) is 0 Å². The van der Waals surface area contributed by atoms with Crippen LogP contribution in [0.4, 0.5) is 0 Å². The molecular weight excluding hydrogens is 318 g/mol. The molecule has 0 aliphatic carbocycles. The molecule has 1 atom stereocenters. The Hall–Kier alpha value is 0.0600. The zero-order valence-electron chi connectivity index (χ0n) is 7.80.